The number of halogens is 1. The van der Waals surface area contributed by atoms with Gasteiger partial charge in [-0.05, 0) is 46.1 Å². The molecule has 4 rings (SSSR count). The van der Waals surface area contributed by atoms with Crippen LogP contribution in [0.1, 0.15) is 18.5 Å². The molecule has 124 valence electrons. The minimum absolute atomic E-state index is 0.230. The fourth-order valence-corrected chi connectivity index (χ4v) is 3.22. The molecule has 0 radical (unpaired) electrons. The Labute approximate surface area is 154 Å². The first-order chi connectivity index (χ1) is 12.2. The van der Waals surface area contributed by atoms with Gasteiger partial charge in [0, 0.05) is 23.5 Å². The van der Waals surface area contributed by atoms with Crippen LogP contribution >= 0.6 is 15.9 Å². The number of aromatic nitrogens is 3. The summed E-state index contributed by atoms with van der Waals surface area (Å²) in [6.45, 7) is 2.16. The summed E-state index contributed by atoms with van der Waals surface area (Å²) in [6, 6.07) is 19.0. The molecule has 4 aromatic rings. The van der Waals surface area contributed by atoms with Gasteiger partial charge >= 0.3 is 0 Å². The Hall–Kier alpha value is -2.66. The predicted molar refractivity (Wildman–Crippen MR) is 106 cm³/mol. The molecule has 0 spiro atoms. The Morgan fingerprint density at radius 2 is 1.92 bits per heavy atom. The lowest BCUT2D eigenvalue weighted by atomic mass is 10.1. The van der Waals surface area contributed by atoms with Gasteiger partial charge in [-0.2, -0.15) is 0 Å². The number of fused-ring (bicyclic) bond motifs is 1. The molecular formula is C20H17BrN4. The minimum Gasteiger partial charge on any atom is -0.379 e. The van der Waals surface area contributed by atoms with Crippen LogP contribution in [0.15, 0.2) is 71.6 Å². The number of nitrogens with zero attached hydrogens (tertiary/aromatic N) is 2. The molecular weight excluding hydrogens is 376 g/mol. The molecule has 5 heteroatoms. The quantitative estimate of drug-likeness (QED) is 0.477. The predicted octanol–water partition coefficient (Wildman–Crippen LogP) is 5.56. The van der Waals surface area contributed by atoms with Gasteiger partial charge in [0.05, 0.1) is 6.20 Å². The maximum Gasteiger partial charge on any atom is 0.156 e. The Balaban J connectivity index is 1.66. The van der Waals surface area contributed by atoms with Crippen LogP contribution in [0.2, 0.25) is 0 Å². The first-order valence-corrected chi connectivity index (χ1v) is 8.91. The lowest BCUT2D eigenvalue weighted by Crippen LogP contribution is -2.06. The maximum atomic E-state index is 4.55. The molecule has 0 saturated heterocycles. The molecule has 0 aliphatic heterocycles. The van der Waals surface area contributed by atoms with E-state index in [9.17, 15) is 0 Å². The number of benzene rings is 2. The van der Waals surface area contributed by atoms with E-state index in [1.54, 1.807) is 6.20 Å². The summed E-state index contributed by atoms with van der Waals surface area (Å²) in [6.07, 6.45) is 3.65. The van der Waals surface area contributed by atoms with Crippen molar-refractivity contribution in [3.05, 3.63) is 77.2 Å². The first kappa shape index (κ1) is 15.8. The molecule has 2 heterocycles. The molecule has 0 bridgehead atoms. The topological polar surface area (TPSA) is 53.6 Å². The zero-order valence-electron chi connectivity index (χ0n) is 13.7. The van der Waals surface area contributed by atoms with Gasteiger partial charge in [0.15, 0.2) is 5.65 Å². The molecule has 25 heavy (non-hydrogen) atoms. The van der Waals surface area contributed by atoms with Gasteiger partial charge in [-0.15, -0.1) is 0 Å². The number of aromatic amines is 1. The number of rotatable bonds is 4. The number of H-pyrrole nitrogens is 1. The van der Waals surface area contributed by atoms with E-state index < -0.39 is 0 Å². The van der Waals surface area contributed by atoms with E-state index in [1.165, 1.54) is 5.56 Å². The van der Waals surface area contributed by atoms with Gasteiger partial charge in [0.1, 0.15) is 10.1 Å². The summed E-state index contributed by atoms with van der Waals surface area (Å²) in [5.74, 6) is 0. The molecule has 0 aliphatic carbocycles. The summed E-state index contributed by atoms with van der Waals surface area (Å²) < 4.78 is 0.729. The highest BCUT2D eigenvalue weighted by molar-refractivity contribution is 9.10. The van der Waals surface area contributed by atoms with E-state index in [0.717, 1.165) is 32.6 Å². The normalized spacial score (nSPS) is 12.2. The summed E-state index contributed by atoms with van der Waals surface area (Å²) in [4.78, 5) is 12.1. The van der Waals surface area contributed by atoms with Crippen LogP contribution in [0.4, 0.5) is 5.69 Å². The third-order valence-electron chi connectivity index (χ3n) is 4.21. The SMILES string of the molecule is C[C@H](Nc1cccc(-c2c[nH]c3ncc(Br)nc23)c1)c1ccccc1. The second-order valence-electron chi connectivity index (χ2n) is 5.95. The summed E-state index contributed by atoms with van der Waals surface area (Å²) in [7, 11) is 0. The highest BCUT2D eigenvalue weighted by Gasteiger charge is 2.11. The van der Waals surface area contributed by atoms with Crippen LogP contribution < -0.4 is 5.32 Å². The smallest absolute Gasteiger partial charge is 0.156 e. The third kappa shape index (κ3) is 3.28. The maximum absolute atomic E-state index is 4.55. The van der Waals surface area contributed by atoms with Crippen LogP contribution in [-0.2, 0) is 0 Å². The van der Waals surface area contributed by atoms with Gasteiger partial charge in [-0.3, -0.25) is 0 Å². The van der Waals surface area contributed by atoms with Crippen molar-refractivity contribution in [3.63, 3.8) is 0 Å². The van der Waals surface area contributed by atoms with Gasteiger partial charge in [-0.1, -0.05) is 42.5 Å². The molecule has 0 saturated carbocycles. The monoisotopic (exact) mass is 392 g/mol. The van der Waals surface area contributed by atoms with Crippen molar-refractivity contribution in [3.8, 4) is 11.1 Å². The van der Waals surface area contributed by atoms with Gasteiger partial charge in [-0.25, -0.2) is 9.97 Å². The minimum atomic E-state index is 0.230. The second kappa shape index (κ2) is 6.69. The van der Waals surface area contributed by atoms with Crippen LogP contribution in [0.25, 0.3) is 22.3 Å². The zero-order valence-corrected chi connectivity index (χ0v) is 15.3. The molecule has 2 N–H and O–H groups in total. The number of nitrogens with one attached hydrogen (secondary N) is 2. The lowest BCUT2D eigenvalue weighted by molar-refractivity contribution is 0.885. The van der Waals surface area contributed by atoms with Crippen LogP contribution in [0.5, 0.6) is 0 Å². The zero-order chi connectivity index (χ0) is 17.2. The lowest BCUT2D eigenvalue weighted by Gasteiger charge is -2.16. The van der Waals surface area contributed by atoms with Crippen LogP contribution in [0.3, 0.4) is 0 Å². The number of hydrogen-bond acceptors (Lipinski definition) is 3. The van der Waals surface area contributed by atoms with Crippen molar-refractivity contribution >= 4 is 32.8 Å². The van der Waals surface area contributed by atoms with E-state index in [-0.39, 0.29) is 6.04 Å². The highest BCUT2D eigenvalue weighted by atomic mass is 79.9. The molecule has 4 nitrogen and oxygen atoms in total. The Kier molecular flexibility index (Phi) is 4.24. The van der Waals surface area contributed by atoms with Crippen molar-refractivity contribution in [2.24, 2.45) is 0 Å². The van der Waals surface area contributed by atoms with Gasteiger partial charge < -0.3 is 10.3 Å². The van der Waals surface area contributed by atoms with Gasteiger partial charge in [0.2, 0.25) is 0 Å². The van der Waals surface area contributed by atoms with Crippen molar-refractivity contribution < 1.29 is 0 Å². The fraction of sp³-hybridized carbons (Fsp3) is 0.100. The van der Waals surface area contributed by atoms with E-state index in [0.29, 0.717) is 0 Å². The van der Waals surface area contributed by atoms with Crippen LogP contribution in [-0.4, -0.2) is 15.0 Å². The van der Waals surface area contributed by atoms with E-state index in [1.807, 2.05) is 12.3 Å². The molecule has 2 aromatic carbocycles. The Morgan fingerprint density at radius 1 is 1.08 bits per heavy atom. The summed E-state index contributed by atoms with van der Waals surface area (Å²) >= 11 is 3.40. The second-order valence-corrected chi connectivity index (χ2v) is 6.76. The molecule has 1 atom stereocenters. The largest absolute Gasteiger partial charge is 0.379 e. The molecule has 2 aromatic heterocycles. The third-order valence-corrected chi connectivity index (χ3v) is 4.59. The molecule has 0 amide bonds. The van der Waals surface area contributed by atoms with E-state index >= 15 is 0 Å². The van der Waals surface area contributed by atoms with E-state index in [4.69, 9.17) is 0 Å². The number of anilines is 1. The average molecular weight is 393 g/mol. The average Bonchev–Trinajstić information content (AvgIpc) is 3.05. The Morgan fingerprint density at radius 3 is 2.76 bits per heavy atom. The van der Waals surface area contributed by atoms with Crippen molar-refractivity contribution in [2.75, 3.05) is 5.32 Å². The standard InChI is InChI=1S/C20H17BrN4/c1-13(14-6-3-2-4-7-14)24-16-9-5-8-15(10-16)17-11-22-20-19(17)25-18(21)12-23-20/h2-13,24H,1H3,(H,22,23)/t13-/m0/s1. The van der Waals surface area contributed by atoms with Crippen LogP contribution in [0, 0.1) is 0 Å². The Bertz CT molecular complexity index is 1010. The van der Waals surface area contributed by atoms with E-state index in [2.05, 4.69) is 91.7 Å². The van der Waals surface area contributed by atoms with Crippen molar-refractivity contribution in [1.29, 1.82) is 0 Å². The number of hydrogen-bond donors (Lipinski definition) is 2. The summed E-state index contributed by atoms with van der Waals surface area (Å²) in [5, 5.41) is 3.56. The van der Waals surface area contributed by atoms with Crippen molar-refractivity contribution in [2.45, 2.75) is 13.0 Å². The molecule has 0 unspecified atom stereocenters. The molecule has 0 aliphatic rings. The van der Waals surface area contributed by atoms with Crippen molar-refractivity contribution in [1.82, 2.24) is 15.0 Å². The fourth-order valence-electron chi connectivity index (χ4n) is 2.94. The molecule has 0 fully saturated rings. The summed E-state index contributed by atoms with van der Waals surface area (Å²) in [5.41, 5.74) is 6.13. The first-order valence-electron chi connectivity index (χ1n) is 8.12. The van der Waals surface area contributed by atoms with Gasteiger partial charge in [0.25, 0.3) is 0 Å². The highest BCUT2D eigenvalue weighted by Crippen LogP contribution is 2.30.